The van der Waals surface area contributed by atoms with Crippen LogP contribution in [0.2, 0.25) is 0 Å². The fourth-order valence-corrected chi connectivity index (χ4v) is 1.70. The number of halogens is 1. The van der Waals surface area contributed by atoms with Crippen LogP contribution in [0.1, 0.15) is 26.7 Å². The topological polar surface area (TPSA) is 32.3 Å². The zero-order valence-corrected chi connectivity index (χ0v) is 11.0. The Morgan fingerprint density at radius 2 is 2.00 bits per heavy atom. The Morgan fingerprint density at radius 3 is 2.47 bits per heavy atom. The molecule has 0 rings (SSSR count). The third-order valence-electron chi connectivity index (χ3n) is 2.05. The normalized spacial score (nSPS) is 11.9. The first-order valence-electron chi connectivity index (χ1n) is 5.35. The zero-order valence-electron chi connectivity index (χ0n) is 10.3. The molecule has 4 heteroatoms. The Morgan fingerprint density at radius 1 is 1.40 bits per heavy atom. The lowest BCUT2D eigenvalue weighted by atomic mass is 9.93. The van der Waals surface area contributed by atoms with Gasteiger partial charge in [0, 0.05) is 25.4 Å². The number of nitrogens with zero attached hydrogens (tertiary/aromatic N) is 1. The molecule has 0 heterocycles. The van der Waals surface area contributed by atoms with E-state index in [1.165, 1.54) is 0 Å². The Balaban J connectivity index is 3.77. The molecule has 0 atom stereocenters. The molecule has 1 N–H and O–H groups in total. The Kier molecular flexibility index (Phi) is 6.94. The summed E-state index contributed by atoms with van der Waals surface area (Å²) in [6.07, 6.45) is 1.28. The predicted molar refractivity (Wildman–Crippen MR) is 65.3 cm³/mol. The van der Waals surface area contributed by atoms with E-state index in [1.54, 1.807) is 0 Å². The molecule has 0 radical (unpaired) electrons. The smallest absolute Gasteiger partial charge is 0.220 e. The van der Waals surface area contributed by atoms with Crippen molar-refractivity contribution < 1.29 is 4.79 Å². The van der Waals surface area contributed by atoms with E-state index in [2.05, 4.69) is 24.1 Å². The number of hydrogen-bond acceptors (Lipinski definition) is 2. The van der Waals surface area contributed by atoms with Gasteiger partial charge in [-0.05, 0) is 25.9 Å². The highest BCUT2D eigenvalue weighted by atomic mass is 35.5. The first-order chi connectivity index (χ1) is 6.87. The number of alkyl halides is 1. The summed E-state index contributed by atoms with van der Waals surface area (Å²) in [6, 6.07) is 0. The molecule has 0 fully saturated rings. The first kappa shape index (κ1) is 14.7. The highest BCUT2D eigenvalue weighted by molar-refractivity contribution is 6.17. The number of rotatable bonds is 7. The molecule has 3 nitrogen and oxygen atoms in total. The molecule has 0 aromatic rings. The van der Waals surface area contributed by atoms with Gasteiger partial charge >= 0.3 is 0 Å². The van der Waals surface area contributed by atoms with Crippen LogP contribution < -0.4 is 5.32 Å². The van der Waals surface area contributed by atoms with Gasteiger partial charge in [0.2, 0.25) is 5.91 Å². The summed E-state index contributed by atoms with van der Waals surface area (Å²) in [4.78, 5) is 13.5. The van der Waals surface area contributed by atoms with Crippen LogP contribution >= 0.6 is 11.6 Å². The van der Waals surface area contributed by atoms with Crippen LogP contribution in [0, 0.1) is 5.41 Å². The van der Waals surface area contributed by atoms with E-state index in [0.29, 0.717) is 18.8 Å². The first-order valence-corrected chi connectivity index (χ1v) is 5.88. The summed E-state index contributed by atoms with van der Waals surface area (Å²) in [5.74, 6) is 0.650. The van der Waals surface area contributed by atoms with Gasteiger partial charge in [0.15, 0.2) is 0 Å². The minimum Gasteiger partial charge on any atom is -0.356 e. The van der Waals surface area contributed by atoms with Crippen molar-refractivity contribution >= 4 is 17.5 Å². The van der Waals surface area contributed by atoms with Crippen LogP contribution in [0.15, 0.2) is 0 Å². The molecule has 0 saturated carbocycles. The molecule has 0 aromatic carbocycles. The Bertz CT molecular complexity index is 193. The van der Waals surface area contributed by atoms with E-state index in [9.17, 15) is 4.79 Å². The maximum Gasteiger partial charge on any atom is 0.220 e. The van der Waals surface area contributed by atoms with Gasteiger partial charge in [0.25, 0.3) is 0 Å². The van der Waals surface area contributed by atoms with Crippen molar-refractivity contribution in [1.29, 1.82) is 0 Å². The zero-order chi connectivity index (χ0) is 11.9. The van der Waals surface area contributed by atoms with Crippen LogP contribution in [-0.2, 0) is 4.79 Å². The monoisotopic (exact) mass is 234 g/mol. The minimum absolute atomic E-state index is 0.0995. The third-order valence-corrected chi connectivity index (χ3v) is 2.31. The van der Waals surface area contributed by atoms with Crippen LogP contribution in [0.25, 0.3) is 0 Å². The third kappa shape index (κ3) is 8.70. The molecule has 0 bridgehead atoms. The molecule has 0 aliphatic rings. The molecule has 0 aliphatic heterocycles. The number of carbonyl (C=O) groups excluding carboxylic acids is 1. The molecule has 15 heavy (non-hydrogen) atoms. The lowest BCUT2D eigenvalue weighted by Gasteiger charge is -2.28. The minimum atomic E-state index is 0.0995. The molecular weight excluding hydrogens is 212 g/mol. The van der Waals surface area contributed by atoms with Crippen LogP contribution in [-0.4, -0.2) is 43.9 Å². The molecule has 0 aromatic heterocycles. The van der Waals surface area contributed by atoms with Gasteiger partial charge in [-0.2, -0.15) is 0 Å². The maximum atomic E-state index is 11.4. The summed E-state index contributed by atoms with van der Waals surface area (Å²) in [7, 11) is 4.08. The van der Waals surface area contributed by atoms with Crippen LogP contribution in [0.4, 0.5) is 0 Å². The maximum absolute atomic E-state index is 11.4. The van der Waals surface area contributed by atoms with Crippen molar-refractivity contribution in [2.75, 3.05) is 33.1 Å². The van der Waals surface area contributed by atoms with Gasteiger partial charge in [-0.25, -0.2) is 0 Å². The van der Waals surface area contributed by atoms with Gasteiger partial charge in [0.05, 0.1) is 0 Å². The van der Waals surface area contributed by atoms with E-state index >= 15 is 0 Å². The number of carbonyl (C=O) groups is 1. The van der Waals surface area contributed by atoms with Gasteiger partial charge in [0.1, 0.15) is 0 Å². The summed E-state index contributed by atoms with van der Waals surface area (Å²) in [5.41, 5.74) is 0.111. The second-order valence-electron chi connectivity index (χ2n) is 4.97. The standard InChI is InChI=1S/C11H23ClN2O/c1-11(2,9-14(3)4)8-13-10(15)6-5-7-12/h5-9H2,1-4H3,(H,13,15). The summed E-state index contributed by atoms with van der Waals surface area (Å²) < 4.78 is 0. The fourth-order valence-electron chi connectivity index (χ4n) is 1.57. The van der Waals surface area contributed by atoms with Crippen molar-refractivity contribution in [2.24, 2.45) is 5.41 Å². The van der Waals surface area contributed by atoms with Crippen LogP contribution in [0.3, 0.4) is 0 Å². The number of amides is 1. The molecule has 90 valence electrons. The Labute approximate surface area is 98.2 Å². The molecule has 0 unspecified atom stereocenters. The van der Waals surface area contributed by atoms with Crippen molar-refractivity contribution in [2.45, 2.75) is 26.7 Å². The largest absolute Gasteiger partial charge is 0.356 e. The quantitative estimate of drug-likeness (QED) is 0.681. The average Bonchev–Trinajstić information content (AvgIpc) is 2.09. The predicted octanol–water partition coefficient (Wildman–Crippen LogP) is 1.71. The highest BCUT2D eigenvalue weighted by Crippen LogP contribution is 2.14. The summed E-state index contributed by atoms with van der Waals surface area (Å²) >= 11 is 5.52. The fraction of sp³-hybridized carbons (Fsp3) is 0.909. The van der Waals surface area contributed by atoms with Crippen molar-refractivity contribution in [3.05, 3.63) is 0 Å². The lowest BCUT2D eigenvalue weighted by Crippen LogP contribution is -2.39. The molecule has 0 spiro atoms. The molecule has 0 aliphatic carbocycles. The van der Waals surface area contributed by atoms with Crippen LogP contribution in [0.5, 0.6) is 0 Å². The highest BCUT2D eigenvalue weighted by Gasteiger charge is 2.19. The van der Waals surface area contributed by atoms with E-state index in [1.807, 2.05) is 14.1 Å². The molecule has 1 amide bonds. The van der Waals surface area contributed by atoms with Crippen molar-refractivity contribution in [3.63, 3.8) is 0 Å². The number of nitrogens with one attached hydrogen (secondary N) is 1. The van der Waals surface area contributed by atoms with Gasteiger partial charge < -0.3 is 10.2 Å². The Hall–Kier alpha value is -0.280. The van der Waals surface area contributed by atoms with E-state index in [-0.39, 0.29) is 11.3 Å². The van der Waals surface area contributed by atoms with E-state index in [4.69, 9.17) is 11.6 Å². The summed E-state index contributed by atoms with van der Waals surface area (Å²) in [5, 5.41) is 2.94. The van der Waals surface area contributed by atoms with Gasteiger partial charge in [-0.1, -0.05) is 13.8 Å². The van der Waals surface area contributed by atoms with Gasteiger partial charge in [-0.3, -0.25) is 4.79 Å². The van der Waals surface area contributed by atoms with Gasteiger partial charge in [-0.15, -0.1) is 11.6 Å². The SMILES string of the molecule is CN(C)CC(C)(C)CNC(=O)CCCCl. The van der Waals surface area contributed by atoms with E-state index < -0.39 is 0 Å². The van der Waals surface area contributed by atoms with Crippen molar-refractivity contribution in [3.8, 4) is 0 Å². The average molecular weight is 235 g/mol. The van der Waals surface area contributed by atoms with E-state index in [0.717, 1.165) is 13.0 Å². The second-order valence-corrected chi connectivity index (χ2v) is 5.35. The van der Waals surface area contributed by atoms with Crippen molar-refractivity contribution in [1.82, 2.24) is 10.2 Å². The molecule has 0 saturated heterocycles. The molecular formula is C11H23ClN2O. The second kappa shape index (κ2) is 7.07. The summed E-state index contributed by atoms with van der Waals surface area (Å²) in [6.45, 7) is 5.97. The number of hydrogen-bond donors (Lipinski definition) is 1. The lowest BCUT2D eigenvalue weighted by molar-refractivity contribution is -0.121.